The van der Waals surface area contributed by atoms with Crippen LogP contribution in [0.15, 0.2) is 17.4 Å². The lowest BCUT2D eigenvalue weighted by Gasteiger charge is -2.10. The van der Waals surface area contributed by atoms with Crippen LogP contribution in [0.1, 0.15) is 12.1 Å². The molecule has 2 N–H and O–H groups in total. The van der Waals surface area contributed by atoms with Crippen LogP contribution in [-0.2, 0) is 6.54 Å². The molecule has 1 fully saturated rings. The van der Waals surface area contributed by atoms with Crippen LogP contribution >= 0.6 is 11.8 Å². The van der Waals surface area contributed by atoms with Crippen molar-refractivity contribution in [3.05, 3.63) is 18.1 Å². The second kappa shape index (κ2) is 6.18. The average Bonchev–Trinajstić information content (AvgIpc) is 2.83. The molecule has 5 heteroatoms. The van der Waals surface area contributed by atoms with Gasteiger partial charge < -0.3 is 10.6 Å². The van der Waals surface area contributed by atoms with Crippen LogP contribution in [0.2, 0.25) is 0 Å². The molecular weight excluding hydrogens is 220 g/mol. The summed E-state index contributed by atoms with van der Waals surface area (Å²) in [6, 6.07) is 0. The Hall–Kier alpha value is -0.650. The van der Waals surface area contributed by atoms with Gasteiger partial charge in [-0.2, -0.15) is 0 Å². The molecule has 1 aliphatic heterocycles. The maximum absolute atomic E-state index is 4.35. The van der Waals surface area contributed by atoms with Crippen LogP contribution < -0.4 is 10.6 Å². The van der Waals surface area contributed by atoms with Gasteiger partial charge in [0.2, 0.25) is 0 Å². The smallest absolute Gasteiger partial charge is 0.119 e. The number of nitrogens with one attached hydrogen (secondary N) is 2. The monoisotopic (exact) mass is 238 g/mol. The normalized spacial score (nSPS) is 20.2. The van der Waals surface area contributed by atoms with E-state index in [0.717, 1.165) is 42.8 Å². The van der Waals surface area contributed by atoms with Crippen molar-refractivity contribution in [2.75, 3.05) is 25.9 Å². The van der Waals surface area contributed by atoms with Crippen molar-refractivity contribution in [1.82, 2.24) is 20.6 Å². The van der Waals surface area contributed by atoms with Gasteiger partial charge in [0, 0.05) is 18.9 Å². The number of hydrogen-bond acceptors (Lipinski definition) is 5. The number of aromatic nitrogens is 2. The van der Waals surface area contributed by atoms with E-state index in [0.29, 0.717) is 0 Å². The highest BCUT2D eigenvalue weighted by molar-refractivity contribution is 7.98. The highest BCUT2D eigenvalue weighted by atomic mass is 32.2. The molecule has 1 aromatic heterocycles. The van der Waals surface area contributed by atoms with E-state index in [1.165, 1.54) is 6.42 Å². The van der Waals surface area contributed by atoms with Gasteiger partial charge in [-0.1, -0.05) is 0 Å². The molecule has 1 unspecified atom stereocenters. The highest BCUT2D eigenvalue weighted by Crippen LogP contribution is 2.14. The van der Waals surface area contributed by atoms with E-state index in [9.17, 15) is 0 Å². The zero-order valence-corrected chi connectivity index (χ0v) is 10.4. The van der Waals surface area contributed by atoms with Gasteiger partial charge in [0.25, 0.3) is 0 Å². The van der Waals surface area contributed by atoms with Crippen molar-refractivity contribution in [3.63, 3.8) is 0 Å². The molecule has 4 nitrogen and oxygen atoms in total. The Morgan fingerprint density at radius 1 is 1.50 bits per heavy atom. The van der Waals surface area contributed by atoms with Crippen molar-refractivity contribution in [2.24, 2.45) is 5.92 Å². The fourth-order valence-electron chi connectivity index (χ4n) is 1.93. The zero-order valence-electron chi connectivity index (χ0n) is 9.57. The zero-order chi connectivity index (χ0) is 11.2. The van der Waals surface area contributed by atoms with E-state index < -0.39 is 0 Å². The van der Waals surface area contributed by atoms with Crippen molar-refractivity contribution < 1.29 is 0 Å². The Balaban J connectivity index is 1.79. The molecular formula is C11H18N4S. The molecule has 0 aliphatic carbocycles. The maximum atomic E-state index is 4.35. The first-order chi connectivity index (χ1) is 7.90. The SMILES string of the molecule is CSc1nccnc1CNCC1CCNC1. The van der Waals surface area contributed by atoms with E-state index in [1.54, 1.807) is 24.2 Å². The van der Waals surface area contributed by atoms with Gasteiger partial charge in [-0.15, -0.1) is 11.8 Å². The maximum Gasteiger partial charge on any atom is 0.119 e. The molecule has 1 atom stereocenters. The molecule has 16 heavy (non-hydrogen) atoms. The minimum Gasteiger partial charge on any atom is -0.316 e. The van der Waals surface area contributed by atoms with Gasteiger partial charge in [0.15, 0.2) is 0 Å². The molecule has 0 amide bonds. The molecule has 0 saturated carbocycles. The first kappa shape index (κ1) is 11.8. The lowest BCUT2D eigenvalue weighted by atomic mass is 10.1. The first-order valence-corrected chi connectivity index (χ1v) is 6.88. The Morgan fingerprint density at radius 2 is 2.38 bits per heavy atom. The summed E-state index contributed by atoms with van der Waals surface area (Å²) in [5.41, 5.74) is 1.06. The predicted molar refractivity (Wildman–Crippen MR) is 66.5 cm³/mol. The van der Waals surface area contributed by atoms with E-state index in [-0.39, 0.29) is 0 Å². The summed E-state index contributed by atoms with van der Waals surface area (Å²) in [6.07, 6.45) is 6.82. The summed E-state index contributed by atoms with van der Waals surface area (Å²) in [4.78, 5) is 8.65. The van der Waals surface area contributed by atoms with E-state index >= 15 is 0 Å². The Bertz CT molecular complexity index is 326. The molecule has 88 valence electrons. The third-order valence-corrected chi connectivity index (χ3v) is 3.54. The van der Waals surface area contributed by atoms with Crippen molar-refractivity contribution in [1.29, 1.82) is 0 Å². The summed E-state index contributed by atoms with van der Waals surface area (Å²) in [5, 5.41) is 7.86. The summed E-state index contributed by atoms with van der Waals surface area (Å²) >= 11 is 1.65. The Kier molecular flexibility index (Phi) is 4.56. The molecule has 1 saturated heterocycles. The summed E-state index contributed by atoms with van der Waals surface area (Å²) in [7, 11) is 0. The standard InChI is InChI=1S/C11H18N4S/c1-16-11-10(14-4-5-15-11)8-13-7-9-2-3-12-6-9/h4-5,9,12-13H,2-3,6-8H2,1H3. The van der Waals surface area contributed by atoms with Gasteiger partial charge in [-0.05, 0) is 38.2 Å². The van der Waals surface area contributed by atoms with E-state index in [4.69, 9.17) is 0 Å². The molecule has 0 bridgehead atoms. The minimum atomic E-state index is 0.773. The van der Waals surface area contributed by atoms with Gasteiger partial charge in [0.1, 0.15) is 5.03 Å². The van der Waals surface area contributed by atoms with Crippen LogP contribution in [0.25, 0.3) is 0 Å². The number of rotatable bonds is 5. The summed E-state index contributed by atoms with van der Waals surface area (Å²) < 4.78 is 0. The van der Waals surface area contributed by atoms with E-state index in [2.05, 4.69) is 20.6 Å². The fourth-order valence-corrected chi connectivity index (χ4v) is 2.46. The average molecular weight is 238 g/mol. The largest absolute Gasteiger partial charge is 0.316 e. The van der Waals surface area contributed by atoms with Crippen LogP contribution in [0.5, 0.6) is 0 Å². The van der Waals surface area contributed by atoms with Gasteiger partial charge >= 0.3 is 0 Å². The second-order valence-electron chi connectivity index (χ2n) is 4.00. The summed E-state index contributed by atoms with van der Waals surface area (Å²) in [6.45, 7) is 4.19. The number of thioether (sulfide) groups is 1. The lowest BCUT2D eigenvalue weighted by molar-refractivity contribution is 0.506. The molecule has 2 heterocycles. The van der Waals surface area contributed by atoms with Gasteiger partial charge in [0.05, 0.1) is 5.69 Å². The third kappa shape index (κ3) is 3.17. The Labute approximate surface area is 101 Å². The lowest BCUT2D eigenvalue weighted by Crippen LogP contribution is -2.24. The molecule has 1 aromatic rings. The summed E-state index contributed by atoms with van der Waals surface area (Å²) in [5.74, 6) is 0.773. The number of nitrogens with zero attached hydrogens (tertiary/aromatic N) is 2. The molecule has 2 rings (SSSR count). The van der Waals surface area contributed by atoms with Gasteiger partial charge in [-0.25, -0.2) is 4.98 Å². The van der Waals surface area contributed by atoms with Crippen molar-refractivity contribution in [3.8, 4) is 0 Å². The predicted octanol–water partition coefficient (Wildman–Crippen LogP) is 0.898. The molecule has 0 radical (unpaired) electrons. The van der Waals surface area contributed by atoms with Crippen LogP contribution in [0.4, 0.5) is 0 Å². The molecule has 0 aromatic carbocycles. The van der Waals surface area contributed by atoms with Crippen molar-refractivity contribution >= 4 is 11.8 Å². The topological polar surface area (TPSA) is 49.8 Å². The quantitative estimate of drug-likeness (QED) is 0.746. The van der Waals surface area contributed by atoms with Crippen LogP contribution in [0, 0.1) is 5.92 Å². The Morgan fingerprint density at radius 3 is 3.12 bits per heavy atom. The molecule has 1 aliphatic rings. The van der Waals surface area contributed by atoms with Crippen LogP contribution in [-0.4, -0.2) is 35.9 Å². The number of hydrogen-bond donors (Lipinski definition) is 2. The first-order valence-electron chi connectivity index (χ1n) is 5.65. The fraction of sp³-hybridized carbons (Fsp3) is 0.636. The second-order valence-corrected chi connectivity index (χ2v) is 4.80. The van der Waals surface area contributed by atoms with Crippen LogP contribution in [0.3, 0.4) is 0 Å². The third-order valence-electron chi connectivity index (χ3n) is 2.82. The van der Waals surface area contributed by atoms with Crippen molar-refractivity contribution in [2.45, 2.75) is 18.0 Å². The van der Waals surface area contributed by atoms with Gasteiger partial charge in [-0.3, -0.25) is 4.98 Å². The highest BCUT2D eigenvalue weighted by Gasteiger charge is 2.13. The minimum absolute atomic E-state index is 0.773. The van der Waals surface area contributed by atoms with E-state index in [1.807, 2.05) is 6.26 Å². The molecule has 0 spiro atoms.